The van der Waals surface area contributed by atoms with Gasteiger partial charge in [-0.1, -0.05) is 36.7 Å². The summed E-state index contributed by atoms with van der Waals surface area (Å²) >= 11 is 6.07. The van der Waals surface area contributed by atoms with E-state index in [9.17, 15) is 8.42 Å². The predicted octanol–water partition coefficient (Wildman–Crippen LogP) is 4.90. The molecule has 7 heteroatoms. The summed E-state index contributed by atoms with van der Waals surface area (Å²) in [5, 5.41) is 10.6. The van der Waals surface area contributed by atoms with Crippen molar-refractivity contribution in [2.45, 2.75) is 18.9 Å². The number of anilines is 1. The molecule has 0 aliphatic rings. The smallest absolute Gasteiger partial charge is 0.229 e. The van der Waals surface area contributed by atoms with Crippen LogP contribution >= 0.6 is 11.6 Å². The van der Waals surface area contributed by atoms with Crippen LogP contribution in [0.3, 0.4) is 0 Å². The second kappa shape index (κ2) is 7.70. The van der Waals surface area contributed by atoms with Gasteiger partial charge in [0, 0.05) is 22.7 Å². The van der Waals surface area contributed by atoms with E-state index >= 15 is 0 Å². The van der Waals surface area contributed by atoms with Gasteiger partial charge in [-0.2, -0.15) is 5.26 Å². The van der Waals surface area contributed by atoms with Crippen LogP contribution in [0.4, 0.5) is 5.69 Å². The van der Waals surface area contributed by atoms with Gasteiger partial charge in [0.1, 0.15) is 0 Å². The summed E-state index contributed by atoms with van der Waals surface area (Å²) in [6.45, 7) is 2.04. The largest absolute Gasteiger partial charge is 0.334 e. The SMILES string of the molecule is CCC(C=CC#N)(c1ccc(Cl)cc1)n1ccc2c(NS(C)(=O)=O)cccc21. The average molecular weight is 414 g/mol. The van der Waals surface area contributed by atoms with Gasteiger partial charge in [0.15, 0.2) is 0 Å². The Labute approximate surface area is 169 Å². The van der Waals surface area contributed by atoms with Crippen LogP contribution in [0.15, 0.2) is 66.9 Å². The normalized spacial score (nSPS) is 14.1. The summed E-state index contributed by atoms with van der Waals surface area (Å²) in [4.78, 5) is 0. The molecular formula is C21H20ClN3O2S. The Kier molecular flexibility index (Phi) is 5.50. The first-order chi connectivity index (χ1) is 13.3. The lowest BCUT2D eigenvalue weighted by Gasteiger charge is -2.33. The van der Waals surface area contributed by atoms with Crippen LogP contribution in [0.5, 0.6) is 0 Å². The van der Waals surface area contributed by atoms with E-state index < -0.39 is 15.6 Å². The van der Waals surface area contributed by atoms with Crippen LogP contribution in [0.1, 0.15) is 18.9 Å². The number of nitrogens with zero attached hydrogens (tertiary/aromatic N) is 2. The van der Waals surface area contributed by atoms with E-state index in [1.54, 1.807) is 6.07 Å². The molecule has 1 heterocycles. The fraction of sp³-hybridized carbons (Fsp3) is 0.190. The molecule has 1 atom stereocenters. The van der Waals surface area contributed by atoms with Gasteiger partial charge >= 0.3 is 0 Å². The van der Waals surface area contributed by atoms with E-state index in [0.29, 0.717) is 17.1 Å². The number of nitrogens with one attached hydrogen (secondary N) is 1. The van der Waals surface area contributed by atoms with Gasteiger partial charge in [-0.05, 0) is 48.4 Å². The summed E-state index contributed by atoms with van der Waals surface area (Å²) in [6.07, 6.45) is 7.07. The molecular weight excluding hydrogens is 394 g/mol. The van der Waals surface area contributed by atoms with Crippen molar-refractivity contribution in [3.05, 3.63) is 77.5 Å². The van der Waals surface area contributed by atoms with Crippen LogP contribution in [0, 0.1) is 11.3 Å². The molecule has 1 aromatic heterocycles. The molecule has 0 bridgehead atoms. The zero-order chi connectivity index (χ0) is 20.4. The second-order valence-electron chi connectivity index (χ2n) is 6.55. The minimum Gasteiger partial charge on any atom is -0.334 e. The van der Waals surface area contributed by atoms with Crippen LogP contribution in [0.2, 0.25) is 5.02 Å². The third-order valence-corrected chi connectivity index (χ3v) is 5.62. The number of hydrogen-bond acceptors (Lipinski definition) is 3. The van der Waals surface area contributed by atoms with Crippen molar-refractivity contribution in [1.82, 2.24) is 4.57 Å². The van der Waals surface area contributed by atoms with E-state index in [1.807, 2.05) is 61.7 Å². The molecule has 2 aromatic carbocycles. The number of aromatic nitrogens is 1. The van der Waals surface area contributed by atoms with Crippen molar-refractivity contribution >= 4 is 38.2 Å². The third kappa shape index (κ3) is 3.77. The van der Waals surface area contributed by atoms with Gasteiger partial charge in [0.05, 0.1) is 29.1 Å². The molecule has 0 aliphatic heterocycles. The first kappa shape index (κ1) is 20.0. The molecule has 3 aromatic rings. The first-order valence-electron chi connectivity index (χ1n) is 8.72. The Bertz CT molecular complexity index is 1170. The van der Waals surface area contributed by atoms with Crippen molar-refractivity contribution in [3.63, 3.8) is 0 Å². The lowest BCUT2D eigenvalue weighted by molar-refractivity contribution is 0.447. The second-order valence-corrected chi connectivity index (χ2v) is 8.73. The Morgan fingerprint density at radius 2 is 1.93 bits per heavy atom. The number of allylic oxidation sites excluding steroid dienone is 2. The van der Waals surface area contributed by atoms with Gasteiger partial charge in [-0.3, -0.25) is 4.72 Å². The van der Waals surface area contributed by atoms with Crippen molar-refractivity contribution in [3.8, 4) is 6.07 Å². The fourth-order valence-corrected chi connectivity index (χ4v) is 4.23. The van der Waals surface area contributed by atoms with Gasteiger partial charge < -0.3 is 4.57 Å². The highest BCUT2D eigenvalue weighted by Gasteiger charge is 2.31. The molecule has 0 saturated carbocycles. The number of benzene rings is 2. The van der Waals surface area contributed by atoms with Crippen LogP contribution in [0.25, 0.3) is 10.9 Å². The molecule has 0 saturated heterocycles. The Morgan fingerprint density at radius 3 is 2.54 bits per heavy atom. The molecule has 0 amide bonds. The lowest BCUT2D eigenvalue weighted by atomic mass is 9.86. The highest BCUT2D eigenvalue weighted by atomic mass is 35.5. The minimum atomic E-state index is -3.40. The van der Waals surface area contributed by atoms with E-state index in [-0.39, 0.29) is 0 Å². The van der Waals surface area contributed by atoms with Crippen molar-refractivity contribution in [2.24, 2.45) is 0 Å². The molecule has 5 nitrogen and oxygen atoms in total. The molecule has 0 fully saturated rings. The number of sulfonamides is 1. The number of fused-ring (bicyclic) bond motifs is 1. The van der Waals surface area contributed by atoms with Gasteiger partial charge in [-0.15, -0.1) is 0 Å². The van der Waals surface area contributed by atoms with Crippen LogP contribution in [-0.4, -0.2) is 19.2 Å². The van der Waals surface area contributed by atoms with E-state index in [2.05, 4.69) is 15.4 Å². The molecule has 1 N–H and O–H groups in total. The van der Waals surface area contributed by atoms with Crippen LogP contribution < -0.4 is 4.72 Å². The standard InChI is InChI=1S/C21H20ClN3O2S/c1-3-21(13-5-14-23,16-8-10-17(22)11-9-16)25-15-12-18-19(24-28(2,26)27)6-4-7-20(18)25/h4-13,15,24H,3H2,1-2H3. The number of rotatable bonds is 6. The Balaban J connectivity index is 2.28. The Hall–Kier alpha value is -2.75. The summed E-state index contributed by atoms with van der Waals surface area (Å²) in [5.41, 5.74) is 1.73. The highest BCUT2D eigenvalue weighted by Crippen LogP contribution is 2.37. The van der Waals surface area contributed by atoms with Gasteiger partial charge in [0.2, 0.25) is 10.0 Å². The summed E-state index contributed by atoms with van der Waals surface area (Å²) in [5.74, 6) is 0. The van der Waals surface area contributed by atoms with E-state index in [4.69, 9.17) is 16.9 Å². The maximum absolute atomic E-state index is 11.7. The third-order valence-electron chi connectivity index (χ3n) is 4.77. The fourth-order valence-electron chi connectivity index (χ4n) is 3.53. The number of hydrogen-bond donors (Lipinski definition) is 1. The van der Waals surface area contributed by atoms with Crippen molar-refractivity contribution < 1.29 is 8.42 Å². The zero-order valence-electron chi connectivity index (χ0n) is 15.6. The lowest BCUT2D eigenvalue weighted by Crippen LogP contribution is -2.31. The summed E-state index contributed by atoms with van der Waals surface area (Å²) < 4.78 is 28.1. The maximum Gasteiger partial charge on any atom is 0.229 e. The molecule has 28 heavy (non-hydrogen) atoms. The quantitative estimate of drug-likeness (QED) is 0.584. The molecule has 144 valence electrons. The number of nitriles is 1. The molecule has 1 unspecified atom stereocenters. The van der Waals surface area contributed by atoms with E-state index in [1.165, 1.54) is 6.08 Å². The maximum atomic E-state index is 11.7. The molecule has 0 radical (unpaired) electrons. The van der Waals surface area contributed by atoms with E-state index in [0.717, 1.165) is 22.7 Å². The van der Waals surface area contributed by atoms with Crippen molar-refractivity contribution in [1.29, 1.82) is 5.26 Å². The molecule has 0 aliphatic carbocycles. The topological polar surface area (TPSA) is 74.9 Å². The van der Waals surface area contributed by atoms with Crippen LogP contribution in [-0.2, 0) is 15.6 Å². The monoisotopic (exact) mass is 413 g/mol. The summed E-state index contributed by atoms with van der Waals surface area (Å²) in [7, 11) is -3.40. The Morgan fingerprint density at radius 1 is 1.21 bits per heavy atom. The first-order valence-corrected chi connectivity index (χ1v) is 11.0. The summed E-state index contributed by atoms with van der Waals surface area (Å²) in [6, 6.07) is 17.0. The van der Waals surface area contributed by atoms with Gasteiger partial charge in [-0.25, -0.2) is 8.42 Å². The molecule has 3 rings (SSSR count). The van der Waals surface area contributed by atoms with Crippen molar-refractivity contribution in [2.75, 3.05) is 11.0 Å². The number of halogens is 1. The average Bonchev–Trinajstić information content (AvgIpc) is 3.09. The minimum absolute atomic E-state index is 0.518. The predicted molar refractivity (Wildman–Crippen MR) is 114 cm³/mol. The zero-order valence-corrected chi connectivity index (χ0v) is 17.1. The van der Waals surface area contributed by atoms with Gasteiger partial charge in [0.25, 0.3) is 0 Å². The molecule has 0 spiro atoms. The highest BCUT2D eigenvalue weighted by molar-refractivity contribution is 7.92.